The van der Waals surface area contributed by atoms with Crippen molar-refractivity contribution in [3.63, 3.8) is 0 Å². The van der Waals surface area contributed by atoms with E-state index in [4.69, 9.17) is 4.74 Å². The molecule has 1 unspecified atom stereocenters. The highest BCUT2D eigenvalue weighted by Gasteiger charge is 2.25. The van der Waals surface area contributed by atoms with E-state index < -0.39 is 0 Å². The predicted octanol–water partition coefficient (Wildman–Crippen LogP) is 0.749. The lowest BCUT2D eigenvalue weighted by atomic mass is 10.0. The van der Waals surface area contributed by atoms with Gasteiger partial charge in [0.1, 0.15) is 5.75 Å². The molecule has 0 saturated carbocycles. The molecule has 1 amide bonds. The number of aromatic nitrogens is 2. The number of carbonyl (C=O) groups excluding carboxylic acids is 1. The Morgan fingerprint density at radius 3 is 3.00 bits per heavy atom. The third kappa shape index (κ3) is 3.05. The van der Waals surface area contributed by atoms with E-state index in [0.717, 1.165) is 22.7 Å². The zero-order chi connectivity index (χ0) is 14.7. The summed E-state index contributed by atoms with van der Waals surface area (Å²) in [6.07, 6.45) is 2.29. The molecule has 3 N–H and O–H groups in total. The first kappa shape index (κ1) is 13.6. The van der Waals surface area contributed by atoms with Gasteiger partial charge in [-0.1, -0.05) is 12.1 Å². The van der Waals surface area contributed by atoms with Gasteiger partial charge in [0.2, 0.25) is 5.91 Å². The molecule has 0 saturated heterocycles. The van der Waals surface area contributed by atoms with Crippen LogP contribution >= 0.6 is 0 Å². The number of aromatic amines is 1. The van der Waals surface area contributed by atoms with Gasteiger partial charge in [0.25, 0.3) is 0 Å². The Kier molecular flexibility index (Phi) is 3.87. The molecule has 0 radical (unpaired) electrons. The highest BCUT2D eigenvalue weighted by Crippen LogP contribution is 2.13. The van der Waals surface area contributed by atoms with E-state index in [2.05, 4.69) is 20.6 Å². The summed E-state index contributed by atoms with van der Waals surface area (Å²) < 4.78 is 5.11. The molecule has 2 aromatic rings. The molecule has 1 aromatic carbocycles. The van der Waals surface area contributed by atoms with Crippen LogP contribution in [0.1, 0.15) is 17.0 Å². The Bertz CT molecular complexity index is 621. The van der Waals surface area contributed by atoms with Crippen LogP contribution in [0.5, 0.6) is 5.75 Å². The zero-order valence-corrected chi connectivity index (χ0v) is 11.8. The summed E-state index contributed by atoms with van der Waals surface area (Å²) in [7, 11) is 1.63. The van der Waals surface area contributed by atoms with Crippen LogP contribution in [0, 0.1) is 0 Å². The number of nitrogens with one attached hydrogen (secondary N) is 3. The highest BCUT2D eigenvalue weighted by molar-refractivity contribution is 5.82. The van der Waals surface area contributed by atoms with E-state index in [1.165, 1.54) is 0 Å². The molecule has 1 aliphatic heterocycles. The molecule has 0 fully saturated rings. The molecule has 0 aliphatic carbocycles. The molecule has 1 aliphatic rings. The van der Waals surface area contributed by atoms with E-state index >= 15 is 0 Å². The minimum absolute atomic E-state index is 0.000493. The molecule has 1 aromatic heterocycles. The topological polar surface area (TPSA) is 79.0 Å². The second-order valence-electron chi connectivity index (χ2n) is 5.03. The van der Waals surface area contributed by atoms with Gasteiger partial charge < -0.3 is 15.0 Å². The Morgan fingerprint density at radius 1 is 1.43 bits per heavy atom. The van der Waals surface area contributed by atoms with Crippen molar-refractivity contribution in [2.75, 3.05) is 7.11 Å². The second-order valence-corrected chi connectivity index (χ2v) is 5.03. The van der Waals surface area contributed by atoms with Crippen molar-refractivity contribution in [1.29, 1.82) is 0 Å². The summed E-state index contributed by atoms with van der Waals surface area (Å²) in [5.74, 6) is 0.810. The Labute approximate surface area is 122 Å². The summed E-state index contributed by atoms with van der Waals surface area (Å²) >= 11 is 0. The fourth-order valence-corrected chi connectivity index (χ4v) is 2.41. The van der Waals surface area contributed by atoms with Crippen LogP contribution in [-0.2, 0) is 24.3 Å². The molecular weight excluding hydrogens is 268 g/mol. The predicted molar refractivity (Wildman–Crippen MR) is 77.8 cm³/mol. The zero-order valence-electron chi connectivity index (χ0n) is 11.8. The fourth-order valence-electron chi connectivity index (χ4n) is 2.41. The fraction of sp³-hybridized carbons (Fsp3) is 0.333. The number of carbonyl (C=O) groups is 1. The SMILES string of the molecule is COc1ccc(CNC(=O)C2Cc3nc[nH]c3CN2)cc1. The van der Waals surface area contributed by atoms with Crippen molar-refractivity contribution in [2.45, 2.75) is 25.6 Å². The van der Waals surface area contributed by atoms with Crippen molar-refractivity contribution < 1.29 is 9.53 Å². The smallest absolute Gasteiger partial charge is 0.237 e. The van der Waals surface area contributed by atoms with Gasteiger partial charge in [-0.05, 0) is 17.7 Å². The van der Waals surface area contributed by atoms with Crippen LogP contribution in [0.15, 0.2) is 30.6 Å². The lowest BCUT2D eigenvalue weighted by Crippen LogP contribution is -2.47. The van der Waals surface area contributed by atoms with E-state index in [1.807, 2.05) is 24.3 Å². The monoisotopic (exact) mass is 286 g/mol. The van der Waals surface area contributed by atoms with Gasteiger partial charge in [-0.2, -0.15) is 0 Å². The number of benzene rings is 1. The van der Waals surface area contributed by atoms with Gasteiger partial charge >= 0.3 is 0 Å². The quantitative estimate of drug-likeness (QED) is 0.775. The van der Waals surface area contributed by atoms with E-state index in [9.17, 15) is 4.79 Å². The summed E-state index contributed by atoms with van der Waals surface area (Å²) in [6, 6.07) is 7.43. The second kappa shape index (κ2) is 5.97. The lowest BCUT2D eigenvalue weighted by Gasteiger charge is -2.22. The average molecular weight is 286 g/mol. The maximum atomic E-state index is 12.2. The average Bonchev–Trinajstić information content (AvgIpc) is 3.00. The van der Waals surface area contributed by atoms with Crippen LogP contribution in [0.25, 0.3) is 0 Å². The first-order valence-corrected chi connectivity index (χ1v) is 6.91. The number of imidazole rings is 1. The molecule has 110 valence electrons. The molecule has 0 spiro atoms. The van der Waals surface area contributed by atoms with Gasteiger partial charge in [-0.15, -0.1) is 0 Å². The van der Waals surface area contributed by atoms with Gasteiger partial charge in [0.15, 0.2) is 0 Å². The van der Waals surface area contributed by atoms with Crippen LogP contribution in [0.3, 0.4) is 0 Å². The first-order chi connectivity index (χ1) is 10.3. The first-order valence-electron chi connectivity index (χ1n) is 6.91. The van der Waals surface area contributed by atoms with Crippen molar-refractivity contribution in [3.05, 3.63) is 47.5 Å². The van der Waals surface area contributed by atoms with E-state index in [0.29, 0.717) is 19.5 Å². The van der Waals surface area contributed by atoms with Gasteiger partial charge in [0, 0.05) is 19.5 Å². The minimum Gasteiger partial charge on any atom is -0.497 e. The van der Waals surface area contributed by atoms with E-state index in [-0.39, 0.29) is 11.9 Å². The lowest BCUT2D eigenvalue weighted by molar-refractivity contribution is -0.123. The molecule has 0 bridgehead atoms. The number of nitrogens with zero attached hydrogens (tertiary/aromatic N) is 1. The van der Waals surface area contributed by atoms with Crippen molar-refractivity contribution in [3.8, 4) is 5.75 Å². The number of hydrogen-bond acceptors (Lipinski definition) is 4. The standard InChI is InChI=1S/C15H18N4O2/c1-21-11-4-2-10(3-5-11)7-17-15(20)13-6-12-14(8-16-13)19-9-18-12/h2-5,9,13,16H,6-8H2,1H3,(H,17,20)(H,18,19). The summed E-state index contributed by atoms with van der Waals surface area (Å²) in [6.45, 7) is 1.16. The minimum atomic E-state index is -0.223. The Balaban J connectivity index is 1.54. The maximum Gasteiger partial charge on any atom is 0.237 e. The number of hydrogen-bond donors (Lipinski definition) is 3. The third-order valence-corrected chi connectivity index (χ3v) is 3.67. The molecule has 3 rings (SSSR count). The molecular formula is C15H18N4O2. The summed E-state index contributed by atoms with van der Waals surface area (Å²) in [5.41, 5.74) is 3.08. The largest absolute Gasteiger partial charge is 0.497 e. The van der Waals surface area contributed by atoms with Gasteiger partial charge in [-0.25, -0.2) is 4.98 Å². The normalized spacial score (nSPS) is 17.1. The number of amides is 1. The van der Waals surface area contributed by atoms with Gasteiger partial charge in [-0.3, -0.25) is 10.1 Å². The van der Waals surface area contributed by atoms with Crippen LogP contribution < -0.4 is 15.4 Å². The number of ether oxygens (including phenoxy) is 1. The molecule has 6 heteroatoms. The van der Waals surface area contributed by atoms with Crippen molar-refractivity contribution in [1.82, 2.24) is 20.6 Å². The van der Waals surface area contributed by atoms with Gasteiger partial charge in [0.05, 0.1) is 30.9 Å². The van der Waals surface area contributed by atoms with Crippen LogP contribution in [0.2, 0.25) is 0 Å². The molecule has 6 nitrogen and oxygen atoms in total. The van der Waals surface area contributed by atoms with Crippen LogP contribution in [-0.4, -0.2) is 29.0 Å². The van der Waals surface area contributed by atoms with Crippen molar-refractivity contribution in [2.24, 2.45) is 0 Å². The number of methoxy groups -OCH3 is 1. The van der Waals surface area contributed by atoms with Crippen LogP contribution in [0.4, 0.5) is 0 Å². The van der Waals surface area contributed by atoms with E-state index in [1.54, 1.807) is 13.4 Å². The Hall–Kier alpha value is -2.34. The summed E-state index contributed by atoms with van der Waals surface area (Å²) in [5, 5.41) is 6.16. The molecule has 21 heavy (non-hydrogen) atoms. The number of fused-ring (bicyclic) bond motifs is 1. The maximum absolute atomic E-state index is 12.2. The summed E-state index contributed by atoms with van der Waals surface area (Å²) in [4.78, 5) is 19.5. The highest BCUT2D eigenvalue weighted by atomic mass is 16.5. The van der Waals surface area contributed by atoms with Crippen molar-refractivity contribution >= 4 is 5.91 Å². The number of rotatable bonds is 4. The third-order valence-electron chi connectivity index (χ3n) is 3.67. The number of H-pyrrole nitrogens is 1. The molecule has 1 atom stereocenters. The Morgan fingerprint density at radius 2 is 2.24 bits per heavy atom. The molecule has 2 heterocycles.